The monoisotopic (exact) mass is 268 g/mol. The van der Waals surface area contributed by atoms with Crippen molar-refractivity contribution in [1.29, 1.82) is 0 Å². The van der Waals surface area contributed by atoms with E-state index in [9.17, 15) is 14.4 Å². The molecule has 0 aromatic heterocycles. The Morgan fingerprint density at radius 3 is 2.05 bits per heavy atom. The number of hydrogen-bond acceptors (Lipinski definition) is 3. The van der Waals surface area contributed by atoms with Crippen LogP contribution in [0.1, 0.15) is 47.5 Å². The summed E-state index contributed by atoms with van der Waals surface area (Å²) in [5.41, 5.74) is 0. The molecule has 19 heavy (non-hydrogen) atoms. The first-order valence-corrected chi connectivity index (χ1v) is 7.02. The summed E-state index contributed by atoms with van der Waals surface area (Å²) in [5, 5.41) is 2.30. The molecule has 0 bridgehead atoms. The lowest BCUT2D eigenvalue weighted by molar-refractivity contribution is -0.146. The molecular weight excluding hydrogens is 244 g/mol. The van der Waals surface area contributed by atoms with Crippen LogP contribution in [0, 0.1) is 17.8 Å². The van der Waals surface area contributed by atoms with E-state index in [4.69, 9.17) is 0 Å². The Bertz CT molecular complexity index is 375. The molecule has 1 rings (SSSR count). The summed E-state index contributed by atoms with van der Waals surface area (Å²) in [6, 6.07) is -0.761. The fourth-order valence-corrected chi connectivity index (χ4v) is 2.76. The predicted octanol–water partition coefficient (Wildman–Crippen LogP) is 2.16. The molecule has 2 atom stereocenters. The first kappa shape index (κ1) is 15.7. The third-order valence-electron chi connectivity index (χ3n) is 4.04. The van der Waals surface area contributed by atoms with E-state index in [0.29, 0.717) is 0 Å². The average molecular weight is 268 g/mol. The van der Waals surface area contributed by atoms with E-state index in [1.54, 1.807) is 0 Å². The minimum Gasteiger partial charge on any atom is -0.277 e. The van der Waals surface area contributed by atoms with Crippen LogP contribution in [0.2, 0.25) is 0 Å². The van der Waals surface area contributed by atoms with E-state index in [-0.39, 0.29) is 23.8 Å². The Hall–Kier alpha value is -1.39. The molecule has 0 aromatic rings. The molecule has 0 saturated carbocycles. The second-order valence-electron chi connectivity index (χ2n) is 5.54. The summed E-state index contributed by atoms with van der Waals surface area (Å²) in [6.07, 6.45) is 1.80. The number of carbonyl (C=O) groups is 3. The minimum absolute atomic E-state index is 0.114. The Labute approximate surface area is 114 Å². The van der Waals surface area contributed by atoms with Crippen molar-refractivity contribution in [1.82, 2.24) is 10.2 Å². The number of amides is 4. The molecule has 1 saturated heterocycles. The molecule has 4 amide bonds. The van der Waals surface area contributed by atoms with Gasteiger partial charge in [-0.15, -0.1) is 0 Å². The highest BCUT2D eigenvalue weighted by Crippen LogP contribution is 2.25. The highest BCUT2D eigenvalue weighted by molar-refractivity contribution is 6.16. The lowest BCUT2D eigenvalue weighted by Crippen LogP contribution is -2.62. The minimum atomic E-state index is -0.755. The van der Waals surface area contributed by atoms with E-state index in [2.05, 4.69) is 5.32 Å². The molecular formula is C14H24N2O3. The summed E-state index contributed by atoms with van der Waals surface area (Å²) >= 11 is 0. The van der Waals surface area contributed by atoms with E-state index < -0.39 is 17.9 Å². The largest absolute Gasteiger partial charge is 0.331 e. The van der Waals surface area contributed by atoms with E-state index >= 15 is 0 Å². The van der Waals surface area contributed by atoms with Crippen molar-refractivity contribution in [2.24, 2.45) is 17.8 Å². The number of carbonyl (C=O) groups excluding carboxylic acids is 3. The zero-order valence-electron chi connectivity index (χ0n) is 12.4. The number of nitrogens with zero attached hydrogens (tertiary/aromatic N) is 1. The van der Waals surface area contributed by atoms with Crippen LogP contribution in [0.5, 0.6) is 0 Å². The van der Waals surface area contributed by atoms with Crippen molar-refractivity contribution < 1.29 is 14.4 Å². The SMILES string of the molecule is CCC(CC)C(C)N1C(=O)NC(=O)C(C(C)C)C1=O. The van der Waals surface area contributed by atoms with Gasteiger partial charge >= 0.3 is 6.03 Å². The molecule has 0 aromatic carbocycles. The van der Waals surface area contributed by atoms with Gasteiger partial charge in [0.15, 0.2) is 0 Å². The van der Waals surface area contributed by atoms with Crippen LogP contribution in [0.15, 0.2) is 0 Å². The third kappa shape index (κ3) is 2.96. The van der Waals surface area contributed by atoms with Crippen molar-refractivity contribution in [3.63, 3.8) is 0 Å². The van der Waals surface area contributed by atoms with Crippen LogP contribution in [-0.4, -0.2) is 28.8 Å². The number of barbiturate groups is 1. The maximum Gasteiger partial charge on any atom is 0.331 e. The van der Waals surface area contributed by atoms with Crippen LogP contribution >= 0.6 is 0 Å². The lowest BCUT2D eigenvalue weighted by Gasteiger charge is -2.38. The van der Waals surface area contributed by atoms with Gasteiger partial charge in [-0.2, -0.15) is 0 Å². The molecule has 1 aliphatic heterocycles. The van der Waals surface area contributed by atoms with Gasteiger partial charge < -0.3 is 0 Å². The first-order valence-electron chi connectivity index (χ1n) is 7.02. The van der Waals surface area contributed by atoms with Crippen LogP contribution in [0.25, 0.3) is 0 Å². The van der Waals surface area contributed by atoms with Gasteiger partial charge in [0.25, 0.3) is 0 Å². The van der Waals surface area contributed by atoms with Crippen molar-refractivity contribution in [2.75, 3.05) is 0 Å². The smallest absolute Gasteiger partial charge is 0.277 e. The highest BCUT2D eigenvalue weighted by Gasteiger charge is 2.44. The van der Waals surface area contributed by atoms with Crippen LogP contribution < -0.4 is 5.32 Å². The lowest BCUT2D eigenvalue weighted by atomic mass is 9.88. The second kappa shape index (κ2) is 6.17. The summed E-state index contributed by atoms with van der Waals surface area (Å²) in [6.45, 7) is 9.60. The van der Waals surface area contributed by atoms with Gasteiger partial charge in [0.1, 0.15) is 5.92 Å². The van der Waals surface area contributed by atoms with Gasteiger partial charge in [0.2, 0.25) is 11.8 Å². The fraction of sp³-hybridized carbons (Fsp3) is 0.786. The van der Waals surface area contributed by atoms with Crippen molar-refractivity contribution in [2.45, 2.75) is 53.5 Å². The molecule has 0 spiro atoms. The molecule has 5 heteroatoms. The maximum absolute atomic E-state index is 12.4. The van der Waals surface area contributed by atoms with Crippen LogP contribution in [0.4, 0.5) is 4.79 Å². The van der Waals surface area contributed by atoms with Crippen molar-refractivity contribution in [3.8, 4) is 0 Å². The summed E-state index contributed by atoms with van der Waals surface area (Å²) in [5.74, 6) is -1.44. The quantitative estimate of drug-likeness (QED) is 0.777. The normalized spacial score (nSPS) is 22.2. The highest BCUT2D eigenvalue weighted by atomic mass is 16.2. The molecule has 1 aliphatic rings. The zero-order valence-corrected chi connectivity index (χ0v) is 12.4. The summed E-state index contributed by atoms with van der Waals surface area (Å²) in [7, 11) is 0. The predicted molar refractivity (Wildman–Crippen MR) is 72.2 cm³/mol. The molecule has 1 fully saturated rings. The Kier molecular flexibility index (Phi) is 5.09. The number of imide groups is 2. The average Bonchev–Trinajstić information content (AvgIpc) is 2.28. The molecule has 0 radical (unpaired) electrons. The van der Waals surface area contributed by atoms with Crippen LogP contribution in [-0.2, 0) is 9.59 Å². The summed E-state index contributed by atoms with van der Waals surface area (Å²) in [4.78, 5) is 37.3. The molecule has 1 heterocycles. The van der Waals surface area contributed by atoms with Crippen LogP contribution in [0.3, 0.4) is 0 Å². The molecule has 108 valence electrons. The standard InChI is InChI=1S/C14H24N2O3/c1-6-10(7-2)9(5)16-13(18)11(8(3)4)12(17)15-14(16)19/h8-11H,6-7H2,1-5H3,(H,15,17,19). The van der Waals surface area contributed by atoms with E-state index in [1.165, 1.54) is 4.90 Å². The van der Waals surface area contributed by atoms with Gasteiger partial charge in [0, 0.05) is 6.04 Å². The second-order valence-corrected chi connectivity index (χ2v) is 5.54. The van der Waals surface area contributed by atoms with Gasteiger partial charge in [-0.05, 0) is 18.8 Å². The van der Waals surface area contributed by atoms with Gasteiger partial charge in [-0.25, -0.2) is 4.79 Å². The fourth-order valence-electron chi connectivity index (χ4n) is 2.76. The van der Waals surface area contributed by atoms with Gasteiger partial charge in [-0.1, -0.05) is 40.5 Å². The molecule has 2 unspecified atom stereocenters. The zero-order chi connectivity index (χ0) is 14.7. The third-order valence-corrected chi connectivity index (χ3v) is 4.04. The van der Waals surface area contributed by atoms with E-state index in [0.717, 1.165) is 12.8 Å². The van der Waals surface area contributed by atoms with Crippen molar-refractivity contribution in [3.05, 3.63) is 0 Å². The molecule has 0 aliphatic carbocycles. The Balaban J connectivity index is 3.02. The number of hydrogen-bond donors (Lipinski definition) is 1. The van der Waals surface area contributed by atoms with Crippen molar-refractivity contribution >= 4 is 17.8 Å². The number of urea groups is 1. The first-order chi connectivity index (χ1) is 8.84. The van der Waals surface area contributed by atoms with E-state index in [1.807, 2.05) is 34.6 Å². The van der Waals surface area contributed by atoms with Gasteiger partial charge in [0.05, 0.1) is 0 Å². The number of nitrogens with one attached hydrogen (secondary N) is 1. The maximum atomic E-state index is 12.4. The summed E-state index contributed by atoms with van der Waals surface area (Å²) < 4.78 is 0. The topological polar surface area (TPSA) is 66.5 Å². The Morgan fingerprint density at radius 1 is 1.11 bits per heavy atom. The molecule has 1 N–H and O–H groups in total. The molecule has 5 nitrogen and oxygen atoms in total. The number of rotatable bonds is 5. The Morgan fingerprint density at radius 2 is 1.63 bits per heavy atom. The van der Waals surface area contributed by atoms with Gasteiger partial charge in [-0.3, -0.25) is 19.8 Å².